The highest BCUT2D eigenvalue weighted by molar-refractivity contribution is 6.04. The molecule has 3 N–H and O–H groups in total. The number of carbonyl (C=O) groups excluding carboxylic acids is 1. The molecule has 0 bridgehead atoms. The van der Waals surface area contributed by atoms with Crippen LogP contribution in [0.25, 0.3) is 0 Å². The topological polar surface area (TPSA) is 71.5 Å². The van der Waals surface area contributed by atoms with E-state index in [0.717, 1.165) is 25.3 Å². The lowest BCUT2D eigenvalue weighted by molar-refractivity contribution is 0.102. The molecule has 0 aliphatic carbocycles. The average Bonchev–Trinajstić information content (AvgIpc) is 3.02. The van der Waals surface area contributed by atoms with Crippen molar-refractivity contribution in [3.63, 3.8) is 0 Å². The zero-order valence-corrected chi connectivity index (χ0v) is 13.1. The van der Waals surface area contributed by atoms with Crippen LogP contribution in [0.15, 0.2) is 41.0 Å². The van der Waals surface area contributed by atoms with E-state index in [2.05, 4.69) is 30.1 Å². The zero-order valence-electron chi connectivity index (χ0n) is 13.1. The average molecular weight is 301 g/mol. The number of amides is 1. The molecule has 0 saturated carbocycles. The Bertz CT molecular complexity index is 618. The first-order chi connectivity index (χ1) is 10.7. The van der Waals surface area contributed by atoms with Crippen LogP contribution in [0.3, 0.4) is 0 Å². The van der Waals surface area contributed by atoms with Crippen LogP contribution in [-0.4, -0.2) is 23.9 Å². The Balaban J connectivity index is 2.04. The van der Waals surface area contributed by atoms with Crippen molar-refractivity contribution >= 4 is 11.6 Å². The maximum atomic E-state index is 12.2. The summed E-state index contributed by atoms with van der Waals surface area (Å²) in [4.78, 5) is 14.5. The number of nitrogens with zero attached hydrogens (tertiary/aromatic N) is 1. The third-order valence-corrected chi connectivity index (χ3v) is 3.60. The van der Waals surface area contributed by atoms with Gasteiger partial charge in [-0.25, -0.2) is 0 Å². The summed E-state index contributed by atoms with van der Waals surface area (Å²) in [6.45, 7) is 7.45. The Morgan fingerprint density at radius 3 is 2.68 bits per heavy atom. The van der Waals surface area contributed by atoms with Gasteiger partial charge in [0, 0.05) is 12.2 Å². The first-order valence-electron chi connectivity index (χ1n) is 7.56. The van der Waals surface area contributed by atoms with E-state index in [1.165, 1.54) is 11.8 Å². The van der Waals surface area contributed by atoms with Gasteiger partial charge in [-0.1, -0.05) is 26.0 Å². The number of hydrogen-bond donors (Lipinski definition) is 2. The highest BCUT2D eigenvalue weighted by Crippen LogP contribution is 2.15. The lowest BCUT2D eigenvalue weighted by Gasteiger charge is -2.18. The Morgan fingerprint density at radius 2 is 2.05 bits per heavy atom. The predicted molar refractivity (Wildman–Crippen MR) is 87.6 cm³/mol. The normalized spacial score (nSPS) is 10.9. The molecule has 2 rings (SSSR count). The van der Waals surface area contributed by atoms with Gasteiger partial charge in [-0.3, -0.25) is 9.69 Å². The molecule has 5 heteroatoms. The van der Waals surface area contributed by atoms with Crippen molar-refractivity contribution in [2.24, 2.45) is 5.73 Å². The molecule has 118 valence electrons. The lowest BCUT2D eigenvalue weighted by Crippen LogP contribution is -2.22. The number of nitrogens with one attached hydrogen (secondary N) is 1. The van der Waals surface area contributed by atoms with Crippen molar-refractivity contribution in [3.8, 4) is 0 Å². The van der Waals surface area contributed by atoms with Crippen LogP contribution in [0.2, 0.25) is 0 Å². The minimum atomic E-state index is -0.191. The summed E-state index contributed by atoms with van der Waals surface area (Å²) in [7, 11) is 0. The molecule has 0 aliphatic rings. The first kappa shape index (κ1) is 16.3. The summed E-state index contributed by atoms with van der Waals surface area (Å²) in [6.07, 6.45) is 1.43. The molecule has 0 aliphatic heterocycles. The highest BCUT2D eigenvalue weighted by atomic mass is 16.3. The Kier molecular flexibility index (Phi) is 5.75. The van der Waals surface area contributed by atoms with Crippen LogP contribution in [-0.2, 0) is 13.1 Å². The minimum absolute atomic E-state index is 0.191. The Hall–Kier alpha value is -2.11. The van der Waals surface area contributed by atoms with Crippen molar-refractivity contribution in [2.45, 2.75) is 26.9 Å². The Labute approximate surface area is 131 Å². The molecule has 1 aromatic carbocycles. The number of carbonyl (C=O) groups is 1. The minimum Gasteiger partial charge on any atom is -0.467 e. The van der Waals surface area contributed by atoms with E-state index in [0.29, 0.717) is 11.3 Å². The van der Waals surface area contributed by atoms with Crippen LogP contribution >= 0.6 is 0 Å². The van der Waals surface area contributed by atoms with Crippen molar-refractivity contribution in [1.29, 1.82) is 0 Å². The molecule has 1 amide bonds. The van der Waals surface area contributed by atoms with Crippen molar-refractivity contribution < 1.29 is 9.21 Å². The quantitative estimate of drug-likeness (QED) is 0.825. The molecule has 1 aromatic heterocycles. The van der Waals surface area contributed by atoms with Gasteiger partial charge in [0.05, 0.1) is 12.1 Å². The van der Waals surface area contributed by atoms with Crippen LogP contribution in [0.1, 0.15) is 35.5 Å². The van der Waals surface area contributed by atoms with Gasteiger partial charge in [-0.15, -0.1) is 0 Å². The zero-order chi connectivity index (χ0) is 15.9. The van der Waals surface area contributed by atoms with Gasteiger partial charge >= 0.3 is 0 Å². The van der Waals surface area contributed by atoms with Gasteiger partial charge in [0.1, 0.15) is 12.0 Å². The second-order valence-corrected chi connectivity index (χ2v) is 5.12. The second-order valence-electron chi connectivity index (χ2n) is 5.12. The summed E-state index contributed by atoms with van der Waals surface area (Å²) in [5.74, 6) is 0.406. The van der Waals surface area contributed by atoms with Gasteiger partial charge in [0.25, 0.3) is 5.91 Å². The van der Waals surface area contributed by atoms with E-state index in [1.54, 1.807) is 6.07 Å². The first-order valence-corrected chi connectivity index (χ1v) is 7.56. The van der Waals surface area contributed by atoms with Crippen LogP contribution in [0.4, 0.5) is 5.69 Å². The molecule has 22 heavy (non-hydrogen) atoms. The predicted octanol–water partition coefficient (Wildman–Crippen LogP) is 2.83. The summed E-state index contributed by atoms with van der Waals surface area (Å²) >= 11 is 0. The summed E-state index contributed by atoms with van der Waals surface area (Å²) in [5, 5.41) is 2.89. The van der Waals surface area contributed by atoms with Crippen molar-refractivity contribution in [3.05, 3.63) is 53.5 Å². The monoisotopic (exact) mass is 301 g/mol. The number of benzene rings is 1. The van der Waals surface area contributed by atoms with E-state index in [9.17, 15) is 4.79 Å². The summed E-state index contributed by atoms with van der Waals surface area (Å²) in [5.41, 5.74) is 7.92. The van der Waals surface area contributed by atoms with Crippen LogP contribution in [0.5, 0.6) is 0 Å². The van der Waals surface area contributed by atoms with Crippen molar-refractivity contribution in [1.82, 2.24) is 4.90 Å². The molecule has 1 heterocycles. The fourth-order valence-corrected chi connectivity index (χ4v) is 2.26. The van der Waals surface area contributed by atoms with E-state index < -0.39 is 0 Å². The lowest BCUT2D eigenvalue weighted by atomic mass is 10.1. The number of hydrogen-bond acceptors (Lipinski definition) is 4. The maximum absolute atomic E-state index is 12.2. The summed E-state index contributed by atoms with van der Waals surface area (Å²) < 4.78 is 5.19. The molecule has 0 radical (unpaired) electrons. The molecule has 0 spiro atoms. The van der Waals surface area contributed by atoms with Crippen molar-refractivity contribution in [2.75, 3.05) is 18.4 Å². The highest BCUT2D eigenvalue weighted by Gasteiger charge is 2.10. The van der Waals surface area contributed by atoms with E-state index in [1.807, 2.05) is 18.2 Å². The van der Waals surface area contributed by atoms with Gasteiger partial charge in [-0.05, 0) is 36.9 Å². The number of rotatable bonds is 7. The third kappa shape index (κ3) is 4.19. The number of nitrogens with two attached hydrogens (primary N) is 1. The standard InChI is InChI=1S/C17H23N3O2/c1-3-20(4-2)11-13-6-5-7-15(8-13)19-17(21)14-9-16(10-18)22-12-14/h5-9,12H,3-4,10-11,18H2,1-2H3,(H,19,21). The number of furan rings is 1. The molecule has 0 unspecified atom stereocenters. The maximum Gasteiger partial charge on any atom is 0.258 e. The fraction of sp³-hybridized carbons (Fsp3) is 0.353. The number of anilines is 1. The second kappa shape index (κ2) is 7.77. The summed E-state index contributed by atoms with van der Waals surface area (Å²) in [6, 6.07) is 9.57. The molecule has 2 aromatic rings. The SMILES string of the molecule is CCN(CC)Cc1cccc(NC(=O)c2coc(CN)c2)c1. The largest absolute Gasteiger partial charge is 0.467 e. The third-order valence-electron chi connectivity index (χ3n) is 3.60. The van der Waals surface area contributed by atoms with E-state index in [4.69, 9.17) is 10.2 Å². The molecule has 5 nitrogen and oxygen atoms in total. The van der Waals surface area contributed by atoms with Crippen LogP contribution < -0.4 is 11.1 Å². The fourth-order valence-electron chi connectivity index (χ4n) is 2.26. The van der Waals surface area contributed by atoms with Gasteiger partial charge in [0.2, 0.25) is 0 Å². The van der Waals surface area contributed by atoms with Gasteiger partial charge < -0.3 is 15.5 Å². The van der Waals surface area contributed by atoms with E-state index >= 15 is 0 Å². The Morgan fingerprint density at radius 1 is 1.27 bits per heavy atom. The van der Waals surface area contributed by atoms with Gasteiger partial charge in [-0.2, -0.15) is 0 Å². The molecule has 0 saturated heterocycles. The van der Waals surface area contributed by atoms with E-state index in [-0.39, 0.29) is 12.5 Å². The van der Waals surface area contributed by atoms with Crippen LogP contribution in [0, 0.1) is 0 Å². The molecular weight excluding hydrogens is 278 g/mol. The molecule has 0 atom stereocenters. The molecular formula is C17H23N3O2. The van der Waals surface area contributed by atoms with Gasteiger partial charge in [0.15, 0.2) is 0 Å². The molecule has 0 fully saturated rings. The smallest absolute Gasteiger partial charge is 0.258 e.